The normalized spacial score (nSPS) is 17.2. The number of fused-ring (bicyclic) bond motifs is 1. The van der Waals surface area contributed by atoms with Gasteiger partial charge in [0.05, 0.1) is 17.1 Å². The summed E-state index contributed by atoms with van der Waals surface area (Å²) in [6.45, 7) is 8.41. The van der Waals surface area contributed by atoms with Gasteiger partial charge in [0.25, 0.3) is 0 Å². The van der Waals surface area contributed by atoms with Crippen molar-refractivity contribution in [3.8, 4) is 0 Å². The van der Waals surface area contributed by atoms with Gasteiger partial charge in [-0.25, -0.2) is 0 Å². The maximum absolute atomic E-state index is 6.53. The van der Waals surface area contributed by atoms with Crippen LogP contribution in [0.25, 0.3) is 11.2 Å². The molecule has 26 heavy (non-hydrogen) atoms. The second kappa shape index (κ2) is 8.49. The maximum atomic E-state index is 6.53. The predicted molar refractivity (Wildman–Crippen MR) is 111 cm³/mol. The molecule has 1 saturated carbocycles. The number of hydrogen-bond donors (Lipinski definition) is 1. The number of hydrogen-bond acceptors (Lipinski definition) is 2. The van der Waals surface area contributed by atoms with Gasteiger partial charge in [-0.3, -0.25) is 0 Å². The van der Waals surface area contributed by atoms with E-state index in [1.807, 2.05) is 12.1 Å². The summed E-state index contributed by atoms with van der Waals surface area (Å²) in [6.07, 6.45) is 10.9. The van der Waals surface area contributed by atoms with Crippen molar-refractivity contribution < 1.29 is 4.74 Å². The molecule has 0 atom stereocenters. The van der Waals surface area contributed by atoms with Crippen LogP contribution in [0.1, 0.15) is 56.7 Å². The Balaban J connectivity index is 1.81. The number of halogens is 1. The van der Waals surface area contributed by atoms with E-state index in [1.165, 1.54) is 44.2 Å². The number of ether oxygens (including phenoxy) is 1. The number of pyridine rings is 1. The van der Waals surface area contributed by atoms with Gasteiger partial charge in [0.2, 0.25) is 0 Å². The van der Waals surface area contributed by atoms with Crippen LogP contribution in [0.4, 0.5) is 0 Å². The van der Waals surface area contributed by atoms with Crippen LogP contribution < -0.4 is 5.32 Å². The van der Waals surface area contributed by atoms with E-state index in [1.54, 1.807) is 7.11 Å². The van der Waals surface area contributed by atoms with Crippen molar-refractivity contribution in [1.82, 2.24) is 9.72 Å². The Morgan fingerprint density at radius 2 is 2.04 bits per heavy atom. The second-order valence-corrected chi connectivity index (χ2v) is 8.33. The molecule has 3 rings (SSSR count). The molecule has 1 aliphatic carbocycles. The average molecular weight is 375 g/mol. The smallest absolute Gasteiger partial charge is 0.0733 e. The first kappa shape index (κ1) is 19.3. The van der Waals surface area contributed by atoms with Crippen molar-refractivity contribution in [3.05, 3.63) is 47.3 Å². The second-order valence-electron chi connectivity index (χ2n) is 7.92. The molecule has 1 aliphatic rings. The highest BCUT2D eigenvalue weighted by molar-refractivity contribution is 6.34. The van der Waals surface area contributed by atoms with Crippen molar-refractivity contribution in [2.75, 3.05) is 20.3 Å². The summed E-state index contributed by atoms with van der Waals surface area (Å²) in [5.74, 6) is 0. The third-order valence-electron chi connectivity index (χ3n) is 5.75. The summed E-state index contributed by atoms with van der Waals surface area (Å²) in [4.78, 5) is 0. The quantitative estimate of drug-likeness (QED) is 0.628. The van der Waals surface area contributed by atoms with Crippen LogP contribution in [0.15, 0.2) is 31.0 Å². The van der Waals surface area contributed by atoms with E-state index < -0.39 is 0 Å². The minimum absolute atomic E-state index is 0.359. The zero-order valence-electron chi connectivity index (χ0n) is 16.1. The van der Waals surface area contributed by atoms with Gasteiger partial charge < -0.3 is 14.5 Å². The summed E-state index contributed by atoms with van der Waals surface area (Å²) in [7, 11) is 1.73. The highest BCUT2D eigenvalue weighted by Crippen LogP contribution is 2.35. The molecule has 1 fully saturated rings. The molecule has 3 nitrogen and oxygen atoms in total. The summed E-state index contributed by atoms with van der Waals surface area (Å²) < 4.78 is 7.43. The van der Waals surface area contributed by atoms with E-state index in [0.717, 1.165) is 34.8 Å². The van der Waals surface area contributed by atoms with Gasteiger partial charge >= 0.3 is 0 Å². The van der Waals surface area contributed by atoms with Crippen LogP contribution in [-0.4, -0.2) is 24.7 Å². The van der Waals surface area contributed by atoms with Crippen molar-refractivity contribution in [1.29, 1.82) is 0 Å². The predicted octanol–water partition coefficient (Wildman–Crippen LogP) is 5.70. The van der Waals surface area contributed by atoms with Gasteiger partial charge in [0.1, 0.15) is 0 Å². The van der Waals surface area contributed by atoms with Crippen LogP contribution in [0, 0.1) is 5.41 Å². The Morgan fingerprint density at radius 3 is 2.73 bits per heavy atom. The minimum atomic E-state index is 0.359. The van der Waals surface area contributed by atoms with Crippen molar-refractivity contribution in [2.45, 2.75) is 51.9 Å². The highest BCUT2D eigenvalue weighted by Gasteiger charge is 2.26. The van der Waals surface area contributed by atoms with Crippen LogP contribution in [0.5, 0.6) is 0 Å². The van der Waals surface area contributed by atoms with E-state index in [9.17, 15) is 0 Å². The van der Waals surface area contributed by atoms with E-state index in [-0.39, 0.29) is 0 Å². The van der Waals surface area contributed by atoms with Crippen LogP contribution in [-0.2, 0) is 11.2 Å². The lowest BCUT2D eigenvalue weighted by molar-refractivity contribution is 0.201. The zero-order chi connectivity index (χ0) is 18.6. The number of rotatable bonds is 7. The lowest BCUT2D eigenvalue weighted by atomic mass is 9.82. The average Bonchev–Trinajstić information content (AvgIpc) is 2.87. The van der Waals surface area contributed by atoms with Gasteiger partial charge in [0.15, 0.2) is 0 Å². The largest absolute Gasteiger partial charge is 0.384 e. The van der Waals surface area contributed by atoms with Crippen LogP contribution >= 0.6 is 11.6 Å². The van der Waals surface area contributed by atoms with E-state index in [0.29, 0.717) is 12.0 Å². The van der Waals surface area contributed by atoms with Crippen LogP contribution in [0.2, 0.25) is 5.02 Å². The molecule has 0 bridgehead atoms. The first-order valence-corrected chi connectivity index (χ1v) is 10.1. The lowest BCUT2D eigenvalue weighted by Gasteiger charge is -2.29. The van der Waals surface area contributed by atoms with Crippen molar-refractivity contribution >= 4 is 22.8 Å². The minimum Gasteiger partial charge on any atom is -0.384 e. The Morgan fingerprint density at radius 1 is 1.31 bits per heavy atom. The maximum Gasteiger partial charge on any atom is 0.0733 e. The summed E-state index contributed by atoms with van der Waals surface area (Å²) in [5, 5.41) is 4.39. The third-order valence-corrected chi connectivity index (χ3v) is 6.05. The van der Waals surface area contributed by atoms with Gasteiger partial charge in [-0.2, -0.15) is 0 Å². The summed E-state index contributed by atoms with van der Waals surface area (Å²) in [6, 6.07) is 6.13. The molecular weight excluding hydrogens is 344 g/mol. The zero-order valence-corrected chi connectivity index (χ0v) is 16.9. The first-order chi connectivity index (χ1) is 12.5. The highest BCUT2D eigenvalue weighted by atomic mass is 35.5. The molecule has 142 valence electrons. The molecule has 1 N–H and O–H groups in total. The Hall–Kier alpha value is -1.45. The van der Waals surface area contributed by atoms with E-state index in [4.69, 9.17) is 16.3 Å². The molecule has 2 heterocycles. The lowest BCUT2D eigenvalue weighted by Crippen LogP contribution is -2.30. The first-order valence-electron chi connectivity index (χ1n) is 9.75. The molecule has 0 radical (unpaired) electrons. The fourth-order valence-corrected chi connectivity index (χ4v) is 4.35. The Labute approximate surface area is 162 Å². The molecule has 4 heteroatoms. The molecule has 0 spiro atoms. The molecule has 0 amide bonds. The Kier molecular flexibility index (Phi) is 6.31. The van der Waals surface area contributed by atoms with E-state index in [2.05, 4.69) is 35.5 Å². The number of methoxy groups -OCH3 is 1. The third kappa shape index (κ3) is 4.27. The SMILES string of the molecule is C=C(NCC1(C)CCCCCC1)c1cc(CCOC)n2cccc(Cl)c12. The fourth-order valence-electron chi connectivity index (χ4n) is 4.09. The molecule has 0 aromatic carbocycles. The fraction of sp³-hybridized carbons (Fsp3) is 0.545. The van der Waals surface area contributed by atoms with E-state index >= 15 is 0 Å². The number of nitrogens with one attached hydrogen (secondary N) is 1. The number of aromatic nitrogens is 1. The molecular formula is C22H31ClN2O. The molecule has 2 aromatic heterocycles. The van der Waals surface area contributed by atoms with Crippen molar-refractivity contribution in [3.63, 3.8) is 0 Å². The molecule has 2 aromatic rings. The Bertz CT molecular complexity index is 757. The van der Waals surface area contributed by atoms with Crippen molar-refractivity contribution in [2.24, 2.45) is 5.41 Å². The standard InChI is InChI=1S/C22H31ClN2O/c1-17(24-16-22(2)11-6-4-5-7-12-22)19-15-18(10-14-26-3)25-13-8-9-20(23)21(19)25/h8-9,13,15,24H,1,4-7,10-12,14,16H2,2-3H3. The molecule has 0 aliphatic heterocycles. The molecule has 0 saturated heterocycles. The van der Waals surface area contributed by atoms with Gasteiger partial charge in [-0.05, 0) is 36.5 Å². The molecule has 0 unspecified atom stereocenters. The number of nitrogens with zero attached hydrogens (tertiary/aromatic N) is 1. The van der Waals surface area contributed by atoms with Gasteiger partial charge in [-0.1, -0.05) is 50.8 Å². The topological polar surface area (TPSA) is 25.7 Å². The van der Waals surface area contributed by atoms with Gasteiger partial charge in [0, 0.05) is 43.2 Å². The monoisotopic (exact) mass is 374 g/mol. The van der Waals surface area contributed by atoms with Gasteiger partial charge in [-0.15, -0.1) is 0 Å². The summed E-state index contributed by atoms with van der Waals surface area (Å²) in [5.41, 5.74) is 4.65. The summed E-state index contributed by atoms with van der Waals surface area (Å²) >= 11 is 6.53. The van der Waals surface area contributed by atoms with Crippen LogP contribution in [0.3, 0.4) is 0 Å².